The predicted molar refractivity (Wildman–Crippen MR) is 140 cm³/mol. The average Bonchev–Trinajstić information content (AvgIpc) is 3.50. The molecule has 196 valence electrons. The molecule has 0 spiro atoms. The molecule has 0 saturated heterocycles. The van der Waals surface area contributed by atoms with Gasteiger partial charge in [-0.3, -0.25) is 8.98 Å². The van der Waals surface area contributed by atoms with Gasteiger partial charge in [0.15, 0.2) is 0 Å². The van der Waals surface area contributed by atoms with Crippen molar-refractivity contribution >= 4 is 33.2 Å². The summed E-state index contributed by atoms with van der Waals surface area (Å²) < 4.78 is 26.9. The number of rotatable bonds is 8. The number of carbonyl (C=O) groups is 1. The second kappa shape index (κ2) is 10.2. The molecular formula is C25H29N5O5S2. The Kier molecular flexibility index (Phi) is 7.14. The molecule has 5 rings (SSSR count). The third-order valence-electron chi connectivity index (χ3n) is 7.23. The summed E-state index contributed by atoms with van der Waals surface area (Å²) in [4.78, 5) is 22.5. The van der Waals surface area contributed by atoms with Gasteiger partial charge in [0.05, 0.1) is 28.7 Å². The van der Waals surface area contributed by atoms with E-state index >= 15 is 0 Å². The summed E-state index contributed by atoms with van der Waals surface area (Å²) in [7, 11) is -4.09. The van der Waals surface area contributed by atoms with Crippen molar-refractivity contribution < 1.29 is 22.5 Å². The molecule has 3 heterocycles. The summed E-state index contributed by atoms with van der Waals surface area (Å²) >= 11 is 1.38. The molecule has 5 N–H and O–H groups in total. The molecular weight excluding hydrogens is 514 g/mol. The van der Waals surface area contributed by atoms with Gasteiger partial charge in [0.1, 0.15) is 12.1 Å². The van der Waals surface area contributed by atoms with Gasteiger partial charge in [-0.15, -0.1) is 11.3 Å². The van der Waals surface area contributed by atoms with Crippen LogP contribution in [0, 0.1) is 5.92 Å². The van der Waals surface area contributed by atoms with Crippen molar-refractivity contribution in [3.8, 4) is 0 Å². The second-order valence-corrected chi connectivity index (χ2v) is 11.8. The highest BCUT2D eigenvalue weighted by Crippen LogP contribution is 2.37. The van der Waals surface area contributed by atoms with Gasteiger partial charge in [0.25, 0.3) is 0 Å². The predicted octanol–water partition coefficient (Wildman–Crippen LogP) is 1.95. The standard InChI is InChI=1S/C25H29N5O5S2/c1-25(20-5-3-2-4-15(20)6-7-29-25)17-9-22(36-13-17)23(32)19-11-27-14-28-24(19)30-18-8-16(21(31)10-18)12-35-37(26,33)34/h2-5,9,11,13-14,16,18,21,29,31H,6-8,10,12H2,1H3,(H2,26,33,34)(H,27,28,30)/t16-,18-,21+,25-/m1/s1. The first-order chi connectivity index (χ1) is 17.6. The molecule has 0 unspecified atom stereocenters. The fourth-order valence-corrected chi connectivity index (χ4v) is 6.60. The van der Waals surface area contributed by atoms with E-state index in [9.17, 15) is 18.3 Å². The van der Waals surface area contributed by atoms with Crippen molar-refractivity contribution in [1.82, 2.24) is 15.3 Å². The van der Waals surface area contributed by atoms with E-state index in [4.69, 9.17) is 5.14 Å². The Labute approximate surface area is 219 Å². The normalized spacial score (nSPS) is 25.5. The van der Waals surface area contributed by atoms with Crippen LogP contribution in [0.3, 0.4) is 0 Å². The number of fused-ring (bicyclic) bond motifs is 1. The number of hydrogen-bond donors (Lipinski definition) is 4. The summed E-state index contributed by atoms with van der Waals surface area (Å²) in [5.41, 5.74) is 3.47. The lowest BCUT2D eigenvalue weighted by Gasteiger charge is -2.37. The van der Waals surface area contributed by atoms with Crippen molar-refractivity contribution in [2.75, 3.05) is 18.5 Å². The van der Waals surface area contributed by atoms with E-state index < -0.39 is 27.9 Å². The van der Waals surface area contributed by atoms with E-state index in [-0.39, 0.29) is 18.4 Å². The third-order valence-corrected chi connectivity index (χ3v) is 8.62. The van der Waals surface area contributed by atoms with Gasteiger partial charge in [-0.1, -0.05) is 24.3 Å². The summed E-state index contributed by atoms with van der Waals surface area (Å²) in [6.45, 7) is 2.78. The van der Waals surface area contributed by atoms with Crippen molar-refractivity contribution in [3.05, 3.63) is 75.4 Å². The monoisotopic (exact) mass is 543 g/mol. The van der Waals surface area contributed by atoms with E-state index in [1.54, 1.807) is 0 Å². The second-order valence-electron chi connectivity index (χ2n) is 9.69. The maximum Gasteiger partial charge on any atom is 0.333 e. The van der Waals surface area contributed by atoms with Crippen molar-refractivity contribution in [2.45, 2.75) is 43.9 Å². The molecule has 2 aliphatic rings. The SMILES string of the molecule is C[C@]1(c2csc(C(=O)c3cncnc3N[C@@H]3C[C@H](COS(N)(=O)=O)[C@@H](O)C3)c2)NCCc2ccccc21. The number of nitrogens with zero attached hydrogens (tertiary/aromatic N) is 2. The molecule has 37 heavy (non-hydrogen) atoms. The van der Waals surface area contributed by atoms with Crippen LogP contribution in [0.15, 0.2) is 48.2 Å². The zero-order valence-electron chi connectivity index (χ0n) is 20.3. The molecule has 0 radical (unpaired) electrons. The van der Waals surface area contributed by atoms with E-state index in [0.717, 1.165) is 18.5 Å². The Bertz CT molecular complexity index is 1410. The molecule has 12 heteroatoms. The third kappa shape index (κ3) is 5.44. The van der Waals surface area contributed by atoms with E-state index in [1.165, 1.54) is 35.0 Å². The zero-order valence-corrected chi connectivity index (χ0v) is 21.9. The van der Waals surface area contributed by atoms with Gasteiger partial charge in [-0.2, -0.15) is 8.42 Å². The molecule has 1 aliphatic carbocycles. The largest absolute Gasteiger partial charge is 0.393 e. The van der Waals surface area contributed by atoms with Crippen LogP contribution in [0.4, 0.5) is 5.82 Å². The molecule has 0 bridgehead atoms. The zero-order chi connectivity index (χ0) is 26.2. The number of nitrogens with one attached hydrogen (secondary N) is 2. The lowest BCUT2D eigenvalue weighted by molar-refractivity contribution is 0.101. The highest BCUT2D eigenvalue weighted by atomic mass is 32.2. The number of anilines is 1. The summed E-state index contributed by atoms with van der Waals surface area (Å²) in [5, 5.41) is 24.1. The molecule has 1 aromatic carbocycles. The summed E-state index contributed by atoms with van der Waals surface area (Å²) in [6.07, 6.45) is 3.81. The van der Waals surface area contributed by atoms with Gasteiger partial charge in [0.2, 0.25) is 5.78 Å². The first-order valence-electron chi connectivity index (χ1n) is 12.0. The Morgan fingerprint density at radius 2 is 2.16 bits per heavy atom. The number of aliphatic hydroxyl groups excluding tert-OH is 1. The lowest BCUT2D eigenvalue weighted by atomic mass is 9.80. The summed E-state index contributed by atoms with van der Waals surface area (Å²) in [6, 6.07) is 10.1. The maximum atomic E-state index is 13.5. The molecule has 1 saturated carbocycles. The lowest BCUT2D eigenvalue weighted by Crippen LogP contribution is -2.45. The number of nitrogens with two attached hydrogens (primary N) is 1. The van der Waals surface area contributed by atoms with Crippen LogP contribution >= 0.6 is 11.3 Å². The van der Waals surface area contributed by atoms with Crippen LogP contribution in [0.25, 0.3) is 0 Å². The Morgan fingerprint density at radius 3 is 2.97 bits per heavy atom. The molecule has 1 aliphatic heterocycles. The van der Waals surface area contributed by atoms with Crippen LogP contribution < -0.4 is 15.8 Å². The average molecular weight is 544 g/mol. The molecule has 0 amide bonds. The van der Waals surface area contributed by atoms with Gasteiger partial charge in [-0.05, 0) is 54.3 Å². The minimum Gasteiger partial charge on any atom is -0.393 e. The van der Waals surface area contributed by atoms with Crippen LogP contribution in [-0.2, 0) is 26.4 Å². The highest BCUT2D eigenvalue weighted by Gasteiger charge is 2.36. The highest BCUT2D eigenvalue weighted by molar-refractivity contribution is 7.84. The molecule has 4 atom stereocenters. The first-order valence-corrected chi connectivity index (χ1v) is 14.4. The minimum absolute atomic E-state index is 0.195. The fourth-order valence-electron chi connectivity index (χ4n) is 5.26. The van der Waals surface area contributed by atoms with Gasteiger partial charge >= 0.3 is 10.3 Å². The fraction of sp³-hybridized carbons (Fsp3) is 0.400. The number of hydrogen-bond acceptors (Lipinski definition) is 10. The van der Waals surface area contributed by atoms with E-state index in [0.29, 0.717) is 29.1 Å². The molecule has 10 nitrogen and oxygen atoms in total. The Hall–Kier alpha value is -2.74. The number of benzene rings is 1. The van der Waals surface area contributed by atoms with Crippen LogP contribution in [0.5, 0.6) is 0 Å². The smallest absolute Gasteiger partial charge is 0.333 e. The van der Waals surface area contributed by atoms with Crippen molar-refractivity contribution in [2.24, 2.45) is 11.1 Å². The molecule has 1 fully saturated rings. The quantitative estimate of drug-likeness (QED) is 0.312. The number of carbonyl (C=O) groups excluding carboxylic acids is 1. The Morgan fingerprint density at radius 1 is 1.35 bits per heavy atom. The van der Waals surface area contributed by atoms with Crippen LogP contribution in [0.2, 0.25) is 0 Å². The number of aliphatic hydroxyl groups is 1. The minimum atomic E-state index is -4.09. The number of ketones is 1. The molecule has 2 aromatic heterocycles. The van der Waals surface area contributed by atoms with Gasteiger partial charge in [0, 0.05) is 24.7 Å². The van der Waals surface area contributed by atoms with E-state index in [2.05, 4.69) is 49.9 Å². The van der Waals surface area contributed by atoms with Crippen molar-refractivity contribution in [1.29, 1.82) is 0 Å². The molecule has 3 aromatic rings. The number of thiophene rings is 1. The first kappa shape index (κ1) is 25.9. The maximum absolute atomic E-state index is 13.5. The topological polar surface area (TPSA) is 157 Å². The van der Waals surface area contributed by atoms with Crippen LogP contribution in [0.1, 0.15) is 51.7 Å². The van der Waals surface area contributed by atoms with Crippen molar-refractivity contribution in [3.63, 3.8) is 0 Å². The van der Waals surface area contributed by atoms with E-state index in [1.807, 2.05) is 17.5 Å². The summed E-state index contributed by atoms with van der Waals surface area (Å²) in [5.74, 6) is -0.240. The van der Waals surface area contributed by atoms with Gasteiger partial charge in [-0.25, -0.2) is 15.1 Å². The van der Waals surface area contributed by atoms with Gasteiger partial charge < -0.3 is 15.7 Å². The van der Waals surface area contributed by atoms with Crippen LogP contribution in [-0.4, -0.2) is 54.6 Å². The Balaban J connectivity index is 1.34. The number of aromatic nitrogens is 2.